The highest BCUT2D eigenvalue weighted by atomic mass is 79.9. The van der Waals surface area contributed by atoms with E-state index in [2.05, 4.69) is 26.6 Å². The first-order valence-corrected chi connectivity index (χ1v) is 8.05. The van der Waals surface area contributed by atoms with Crippen LogP contribution in [0.5, 0.6) is 0 Å². The molecule has 0 fully saturated rings. The number of halogens is 2. The van der Waals surface area contributed by atoms with Gasteiger partial charge in [-0.05, 0) is 35.9 Å². The van der Waals surface area contributed by atoms with Crippen LogP contribution in [0.1, 0.15) is 21.5 Å². The maximum absolute atomic E-state index is 12.1. The Morgan fingerprint density at radius 1 is 1.04 bits per heavy atom. The van der Waals surface area contributed by atoms with Crippen LogP contribution in [0.15, 0.2) is 53.1 Å². The molecule has 2 aromatic rings. The normalized spacial score (nSPS) is 15.3. The molecule has 1 aliphatic heterocycles. The average molecular weight is 392 g/mol. The molecular weight excluding hydrogens is 380 g/mol. The van der Waals surface area contributed by atoms with E-state index in [4.69, 9.17) is 11.6 Å². The molecule has 0 saturated heterocycles. The summed E-state index contributed by atoms with van der Waals surface area (Å²) in [4.78, 5) is 24.0. The summed E-state index contributed by atoms with van der Waals surface area (Å²) >= 11 is 9.22. The summed E-state index contributed by atoms with van der Waals surface area (Å²) in [5, 5.41) is 6.12. The number of hydrogen-bond acceptors (Lipinski definition) is 3. The number of imide groups is 1. The van der Waals surface area contributed by atoms with Gasteiger partial charge in [0.05, 0.1) is 5.57 Å². The summed E-state index contributed by atoms with van der Waals surface area (Å²) in [5.41, 5.74) is 2.55. The van der Waals surface area contributed by atoms with E-state index in [9.17, 15) is 9.59 Å². The predicted octanol–water partition coefficient (Wildman–Crippen LogP) is 3.50. The Bertz CT molecular complexity index is 816. The van der Waals surface area contributed by atoms with Gasteiger partial charge in [0, 0.05) is 33.4 Å². The maximum Gasteiger partial charge on any atom is 0.260 e. The highest BCUT2D eigenvalue weighted by Gasteiger charge is 2.27. The van der Waals surface area contributed by atoms with Crippen molar-refractivity contribution < 1.29 is 9.59 Å². The second kappa shape index (κ2) is 6.56. The van der Waals surface area contributed by atoms with Crippen LogP contribution in [0.2, 0.25) is 5.02 Å². The standard InChI is InChI=1S/C17H12BrClN2O2/c18-11-3-6-13-14(7-11)15(17(23)21-16(13)22)9-20-8-10-1-4-12(19)5-2-10/h1-7,9,20H,8H2,(H,21,22,23). The number of carbonyl (C=O) groups is 2. The van der Waals surface area contributed by atoms with Gasteiger partial charge in [-0.2, -0.15) is 0 Å². The molecule has 0 bridgehead atoms. The van der Waals surface area contributed by atoms with Crippen molar-refractivity contribution in [3.8, 4) is 0 Å². The minimum Gasteiger partial charge on any atom is -0.386 e. The summed E-state index contributed by atoms with van der Waals surface area (Å²) in [7, 11) is 0. The molecule has 1 aliphatic rings. The van der Waals surface area contributed by atoms with Gasteiger partial charge in [0.1, 0.15) is 0 Å². The van der Waals surface area contributed by atoms with Crippen molar-refractivity contribution in [2.45, 2.75) is 6.54 Å². The van der Waals surface area contributed by atoms with E-state index in [1.165, 1.54) is 0 Å². The van der Waals surface area contributed by atoms with Gasteiger partial charge in [-0.3, -0.25) is 14.9 Å². The fraction of sp³-hybridized carbons (Fsp3) is 0.0588. The Balaban J connectivity index is 1.85. The van der Waals surface area contributed by atoms with Gasteiger partial charge in [-0.1, -0.05) is 39.7 Å². The second-order valence-electron chi connectivity index (χ2n) is 5.04. The van der Waals surface area contributed by atoms with E-state index in [-0.39, 0.29) is 5.91 Å². The molecule has 0 unspecified atom stereocenters. The molecule has 0 spiro atoms. The highest BCUT2D eigenvalue weighted by Crippen LogP contribution is 2.26. The van der Waals surface area contributed by atoms with Crippen LogP contribution in [-0.4, -0.2) is 11.8 Å². The largest absolute Gasteiger partial charge is 0.386 e. The van der Waals surface area contributed by atoms with E-state index in [1.54, 1.807) is 24.4 Å². The van der Waals surface area contributed by atoms with Crippen LogP contribution < -0.4 is 10.6 Å². The molecule has 0 aromatic heterocycles. The molecule has 0 atom stereocenters. The average Bonchev–Trinajstić information content (AvgIpc) is 2.52. The monoisotopic (exact) mass is 390 g/mol. The predicted molar refractivity (Wildman–Crippen MR) is 92.9 cm³/mol. The fourth-order valence-corrected chi connectivity index (χ4v) is 2.80. The number of rotatable bonds is 3. The van der Waals surface area contributed by atoms with Crippen molar-refractivity contribution in [2.24, 2.45) is 0 Å². The van der Waals surface area contributed by atoms with Crippen LogP contribution in [0, 0.1) is 0 Å². The molecule has 0 saturated carbocycles. The first-order chi connectivity index (χ1) is 11.0. The van der Waals surface area contributed by atoms with Crippen LogP contribution in [0.25, 0.3) is 5.57 Å². The summed E-state index contributed by atoms with van der Waals surface area (Å²) in [6, 6.07) is 12.7. The topological polar surface area (TPSA) is 58.2 Å². The van der Waals surface area contributed by atoms with Crippen LogP contribution in [0.4, 0.5) is 0 Å². The molecule has 23 heavy (non-hydrogen) atoms. The van der Waals surface area contributed by atoms with Gasteiger partial charge in [0.25, 0.3) is 11.8 Å². The zero-order chi connectivity index (χ0) is 16.4. The van der Waals surface area contributed by atoms with E-state index in [0.717, 1.165) is 10.0 Å². The highest BCUT2D eigenvalue weighted by molar-refractivity contribution is 9.10. The Morgan fingerprint density at radius 3 is 2.52 bits per heavy atom. The minimum absolute atomic E-state index is 0.382. The fourth-order valence-electron chi connectivity index (χ4n) is 2.31. The Morgan fingerprint density at radius 2 is 1.78 bits per heavy atom. The lowest BCUT2D eigenvalue weighted by molar-refractivity contribution is -0.114. The molecule has 2 amide bonds. The first-order valence-electron chi connectivity index (χ1n) is 6.88. The number of fused-ring (bicyclic) bond motifs is 1. The molecule has 0 radical (unpaired) electrons. The third kappa shape index (κ3) is 3.46. The molecule has 3 rings (SSSR count). The van der Waals surface area contributed by atoms with Crippen LogP contribution >= 0.6 is 27.5 Å². The van der Waals surface area contributed by atoms with Gasteiger partial charge < -0.3 is 5.32 Å². The maximum atomic E-state index is 12.1. The third-order valence-electron chi connectivity index (χ3n) is 3.45. The number of carbonyl (C=O) groups excluding carboxylic acids is 2. The first kappa shape index (κ1) is 15.8. The summed E-state index contributed by atoms with van der Waals surface area (Å²) in [6.45, 7) is 0.547. The zero-order valence-corrected chi connectivity index (χ0v) is 14.2. The lowest BCUT2D eigenvalue weighted by Crippen LogP contribution is -2.37. The number of benzene rings is 2. The zero-order valence-electron chi connectivity index (χ0n) is 11.9. The van der Waals surface area contributed by atoms with Crippen molar-refractivity contribution in [1.29, 1.82) is 0 Å². The molecule has 0 aliphatic carbocycles. The van der Waals surface area contributed by atoms with Gasteiger partial charge in [-0.15, -0.1) is 0 Å². The molecule has 2 N–H and O–H groups in total. The number of nitrogens with one attached hydrogen (secondary N) is 2. The van der Waals surface area contributed by atoms with E-state index < -0.39 is 5.91 Å². The molecule has 4 nitrogen and oxygen atoms in total. The number of hydrogen-bond donors (Lipinski definition) is 2. The molecule has 1 heterocycles. The lowest BCUT2D eigenvalue weighted by Gasteiger charge is -2.18. The van der Waals surface area contributed by atoms with Crippen molar-refractivity contribution in [3.63, 3.8) is 0 Å². The number of amides is 2. The molecule has 6 heteroatoms. The van der Waals surface area contributed by atoms with Crippen LogP contribution in [0.3, 0.4) is 0 Å². The van der Waals surface area contributed by atoms with Crippen molar-refractivity contribution in [1.82, 2.24) is 10.6 Å². The second-order valence-corrected chi connectivity index (χ2v) is 6.39. The van der Waals surface area contributed by atoms with Gasteiger partial charge >= 0.3 is 0 Å². The van der Waals surface area contributed by atoms with E-state index in [1.807, 2.05) is 24.3 Å². The lowest BCUT2D eigenvalue weighted by atomic mass is 9.95. The molecule has 2 aromatic carbocycles. The summed E-state index contributed by atoms with van der Waals surface area (Å²) in [6.07, 6.45) is 1.63. The van der Waals surface area contributed by atoms with E-state index in [0.29, 0.717) is 28.3 Å². The van der Waals surface area contributed by atoms with Crippen molar-refractivity contribution in [3.05, 3.63) is 74.9 Å². The quantitative estimate of drug-likeness (QED) is 0.622. The minimum atomic E-state index is -0.413. The van der Waals surface area contributed by atoms with E-state index >= 15 is 0 Å². The van der Waals surface area contributed by atoms with Crippen molar-refractivity contribution >= 4 is 44.9 Å². The summed E-state index contributed by atoms with van der Waals surface area (Å²) in [5.74, 6) is -0.795. The molecule has 116 valence electrons. The third-order valence-corrected chi connectivity index (χ3v) is 4.20. The van der Waals surface area contributed by atoms with Crippen LogP contribution in [-0.2, 0) is 11.3 Å². The Kier molecular flexibility index (Phi) is 4.50. The van der Waals surface area contributed by atoms with Gasteiger partial charge in [-0.25, -0.2) is 0 Å². The Hall–Kier alpha value is -2.11. The smallest absolute Gasteiger partial charge is 0.260 e. The van der Waals surface area contributed by atoms with Gasteiger partial charge in [0.15, 0.2) is 0 Å². The van der Waals surface area contributed by atoms with Crippen molar-refractivity contribution in [2.75, 3.05) is 0 Å². The van der Waals surface area contributed by atoms with Gasteiger partial charge in [0.2, 0.25) is 0 Å². The molecular formula is C17H12BrClN2O2. The Labute approximate surface area is 146 Å². The SMILES string of the molecule is O=C1NC(=O)c2ccc(Br)cc2C1=CNCc1ccc(Cl)cc1. The summed E-state index contributed by atoms with van der Waals surface area (Å²) < 4.78 is 0.808.